The minimum absolute atomic E-state index is 0.158. The summed E-state index contributed by atoms with van der Waals surface area (Å²) in [6.07, 6.45) is 1.11. The molecule has 1 aromatic carbocycles. The smallest absolute Gasteiger partial charge is 0.348 e. The first-order valence-corrected chi connectivity index (χ1v) is 8.88. The summed E-state index contributed by atoms with van der Waals surface area (Å²) in [6.45, 7) is 5.42. The van der Waals surface area contributed by atoms with Crippen molar-refractivity contribution >= 4 is 33.3 Å². The van der Waals surface area contributed by atoms with Gasteiger partial charge in [0, 0.05) is 17.8 Å². The van der Waals surface area contributed by atoms with Gasteiger partial charge in [0.15, 0.2) is 6.61 Å². The third-order valence-electron chi connectivity index (χ3n) is 4.23. The van der Waals surface area contributed by atoms with Gasteiger partial charge in [-0.3, -0.25) is 4.79 Å². The Hall–Kier alpha value is -1.95. The molecule has 2 aromatic rings. The Bertz CT molecular complexity index is 763. The van der Waals surface area contributed by atoms with Gasteiger partial charge in [0.05, 0.1) is 0 Å². The van der Waals surface area contributed by atoms with Crippen molar-refractivity contribution in [3.63, 3.8) is 0 Å². The minimum Gasteiger partial charge on any atom is -0.451 e. The van der Waals surface area contributed by atoms with E-state index in [1.165, 1.54) is 23.5 Å². The normalized spacial score (nSPS) is 21.0. The fourth-order valence-corrected chi connectivity index (χ4v) is 4.21. The molecule has 1 saturated heterocycles. The Labute approximate surface area is 144 Å². The number of thiophene rings is 1. The second-order valence-electron chi connectivity index (χ2n) is 6.61. The van der Waals surface area contributed by atoms with E-state index >= 15 is 0 Å². The van der Waals surface area contributed by atoms with Gasteiger partial charge in [-0.15, -0.1) is 11.3 Å². The summed E-state index contributed by atoms with van der Waals surface area (Å²) in [5.74, 6) is -0.113. The largest absolute Gasteiger partial charge is 0.451 e. The number of benzene rings is 1. The first-order chi connectivity index (χ1) is 11.4. The van der Waals surface area contributed by atoms with Crippen LogP contribution in [0.5, 0.6) is 0 Å². The lowest BCUT2D eigenvalue weighted by Crippen LogP contribution is -2.44. The van der Waals surface area contributed by atoms with E-state index in [1.807, 2.05) is 0 Å². The van der Waals surface area contributed by atoms with E-state index < -0.39 is 5.97 Å². The highest BCUT2D eigenvalue weighted by Gasteiger charge is 2.26. The lowest BCUT2D eigenvalue weighted by Gasteiger charge is -2.34. The molecule has 0 N–H and O–H groups in total. The van der Waals surface area contributed by atoms with E-state index in [1.54, 1.807) is 17.0 Å². The lowest BCUT2D eigenvalue weighted by atomic mass is 9.92. The zero-order chi connectivity index (χ0) is 17.3. The predicted octanol–water partition coefficient (Wildman–Crippen LogP) is 3.70. The van der Waals surface area contributed by atoms with Crippen molar-refractivity contribution in [2.24, 2.45) is 11.8 Å². The Morgan fingerprint density at radius 3 is 2.67 bits per heavy atom. The third kappa shape index (κ3) is 3.75. The second-order valence-corrected chi connectivity index (χ2v) is 7.70. The molecule has 1 aliphatic heterocycles. The molecule has 1 aliphatic rings. The van der Waals surface area contributed by atoms with Crippen LogP contribution < -0.4 is 0 Å². The molecule has 4 nitrogen and oxygen atoms in total. The predicted molar refractivity (Wildman–Crippen MR) is 91.6 cm³/mol. The quantitative estimate of drug-likeness (QED) is 0.794. The Kier molecular flexibility index (Phi) is 4.85. The molecule has 128 valence electrons. The highest BCUT2D eigenvalue weighted by Crippen LogP contribution is 2.27. The zero-order valence-corrected chi connectivity index (χ0v) is 14.6. The van der Waals surface area contributed by atoms with Crippen molar-refractivity contribution in [2.75, 3.05) is 19.7 Å². The first kappa shape index (κ1) is 16.9. The fourth-order valence-electron chi connectivity index (χ4n) is 3.27. The average Bonchev–Trinajstić information content (AvgIpc) is 2.94. The summed E-state index contributed by atoms with van der Waals surface area (Å²) >= 11 is 1.24. The summed E-state index contributed by atoms with van der Waals surface area (Å²) in [5.41, 5.74) is 0. The molecule has 3 rings (SSSR count). The van der Waals surface area contributed by atoms with Crippen molar-refractivity contribution in [2.45, 2.75) is 20.3 Å². The number of fused-ring (bicyclic) bond motifs is 1. The molecule has 1 amide bonds. The van der Waals surface area contributed by atoms with E-state index in [-0.39, 0.29) is 18.3 Å². The molecular weight excluding hydrogens is 329 g/mol. The van der Waals surface area contributed by atoms with Crippen molar-refractivity contribution in [3.8, 4) is 0 Å². The molecule has 1 aromatic heterocycles. The highest BCUT2D eigenvalue weighted by atomic mass is 32.1. The number of ether oxygens (including phenoxy) is 1. The number of amides is 1. The van der Waals surface area contributed by atoms with Crippen molar-refractivity contribution in [1.29, 1.82) is 0 Å². The van der Waals surface area contributed by atoms with E-state index in [9.17, 15) is 14.0 Å². The third-order valence-corrected chi connectivity index (χ3v) is 5.32. The van der Waals surface area contributed by atoms with Gasteiger partial charge in [-0.25, -0.2) is 9.18 Å². The average molecular weight is 349 g/mol. The SMILES string of the molecule is C[C@H]1C[C@H](C)CN(C(=O)COC(=O)c2cc3cc(F)ccc3s2)C1. The molecule has 1 fully saturated rings. The summed E-state index contributed by atoms with van der Waals surface area (Å²) in [7, 11) is 0. The molecule has 24 heavy (non-hydrogen) atoms. The van der Waals surface area contributed by atoms with Crippen LogP contribution in [0.15, 0.2) is 24.3 Å². The van der Waals surface area contributed by atoms with Gasteiger partial charge >= 0.3 is 5.97 Å². The lowest BCUT2D eigenvalue weighted by molar-refractivity contribution is -0.137. The number of rotatable bonds is 3. The second kappa shape index (κ2) is 6.89. The molecule has 2 heterocycles. The van der Waals surface area contributed by atoms with Gasteiger partial charge in [-0.05, 0) is 47.9 Å². The number of piperidine rings is 1. The van der Waals surface area contributed by atoms with Gasteiger partial charge < -0.3 is 9.64 Å². The van der Waals surface area contributed by atoms with Crippen LogP contribution in [0.4, 0.5) is 4.39 Å². The molecule has 0 saturated carbocycles. The van der Waals surface area contributed by atoms with E-state index in [2.05, 4.69) is 13.8 Å². The maximum atomic E-state index is 13.2. The topological polar surface area (TPSA) is 46.6 Å². The van der Waals surface area contributed by atoms with Crippen LogP contribution in [0.25, 0.3) is 10.1 Å². The Balaban J connectivity index is 1.60. The van der Waals surface area contributed by atoms with E-state index in [0.29, 0.717) is 35.2 Å². The monoisotopic (exact) mass is 349 g/mol. The first-order valence-electron chi connectivity index (χ1n) is 8.06. The summed E-state index contributed by atoms with van der Waals surface area (Å²) < 4.78 is 19.2. The molecule has 0 spiro atoms. The van der Waals surface area contributed by atoms with Crippen LogP contribution in [-0.2, 0) is 9.53 Å². The van der Waals surface area contributed by atoms with Crippen LogP contribution in [0.2, 0.25) is 0 Å². The summed E-state index contributed by atoms with van der Waals surface area (Å²) in [6, 6.07) is 5.97. The number of carbonyl (C=O) groups is 2. The van der Waals surface area contributed by atoms with Crippen LogP contribution >= 0.6 is 11.3 Å². The number of hydrogen-bond donors (Lipinski definition) is 0. The zero-order valence-electron chi connectivity index (χ0n) is 13.8. The number of esters is 1. The standard InChI is InChI=1S/C18H20FNO3S/c1-11-5-12(2)9-20(8-11)17(21)10-23-18(22)16-7-13-6-14(19)3-4-15(13)24-16/h3-4,6-7,11-12H,5,8-10H2,1-2H3/t11-,12-/m0/s1. The number of carbonyl (C=O) groups excluding carboxylic acids is 2. The molecule has 0 unspecified atom stereocenters. The van der Waals surface area contributed by atoms with Gasteiger partial charge in [0.2, 0.25) is 0 Å². The van der Waals surface area contributed by atoms with Crippen LogP contribution in [-0.4, -0.2) is 36.5 Å². The fraction of sp³-hybridized carbons (Fsp3) is 0.444. The molecule has 0 bridgehead atoms. The van der Waals surface area contributed by atoms with Crippen LogP contribution in [0, 0.1) is 17.7 Å². The summed E-state index contributed by atoms with van der Waals surface area (Å²) in [5, 5.41) is 0.664. The van der Waals surface area contributed by atoms with Crippen molar-refractivity contribution in [1.82, 2.24) is 4.90 Å². The number of halogens is 1. The maximum absolute atomic E-state index is 13.2. The molecule has 0 aliphatic carbocycles. The van der Waals surface area contributed by atoms with E-state index in [0.717, 1.165) is 11.1 Å². The summed E-state index contributed by atoms with van der Waals surface area (Å²) in [4.78, 5) is 26.5. The van der Waals surface area contributed by atoms with Gasteiger partial charge in [-0.1, -0.05) is 13.8 Å². The molecular formula is C18H20FNO3S. The number of hydrogen-bond acceptors (Lipinski definition) is 4. The number of nitrogens with zero attached hydrogens (tertiary/aromatic N) is 1. The maximum Gasteiger partial charge on any atom is 0.348 e. The van der Waals surface area contributed by atoms with E-state index in [4.69, 9.17) is 4.74 Å². The van der Waals surface area contributed by atoms with Crippen LogP contribution in [0.3, 0.4) is 0 Å². The Morgan fingerprint density at radius 1 is 1.25 bits per heavy atom. The number of likely N-dealkylation sites (tertiary alicyclic amines) is 1. The molecule has 2 atom stereocenters. The van der Waals surface area contributed by atoms with Gasteiger partial charge in [0.1, 0.15) is 10.7 Å². The van der Waals surface area contributed by atoms with Gasteiger partial charge in [0.25, 0.3) is 5.91 Å². The minimum atomic E-state index is -0.539. The van der Waals surface area contributed by atoms with Crippen molar-refractivity contribution < 1.29 is 18.7 Å². The Morgan fingerprint density at radius 2 is 1.96 bits per heavy atom. The molecule has 6 heteroatoms. The van der Waals surface area contributed by atoms with Crippen molar-refractivity contribution in [3.05, 3.63) is 35.0 Å². The highest BCUT2D eigenvalue weighted by molar-refractivity contribution is 7.20. The molecule has 0 radical (unpaired) electrons. The van der Waals surface area contributed by atoms with Gasteiger partial charge in [-0.2, -0.15) is 0 Å². The van der Waals surface area contributed by atoms with Crippen LogP contribution in [0.1, 0.15) is 29.9 Å².